The van der Waals surface area contributed by atoms with Crippen molar-refractivity contribution in [1.29, 1.82) is 0 Å². The maximum Gasteiger partial charge on any atom is 0.145 e. The molecule has 0 atom stereocenters. The Bertz CT molecular complexity index is 529. The summed E-state index contributed by atoms with van der Waals surface area (Å²) in [6.07, 6.45) is 0. The predicted octanol–water partition coefficient (Wildman–Crippen LogP) is 2.39. The highest BCUT2D eigenvalue weighted by Crippen LogP contribution is 2.29. The second kappa shape index (κ2) is 4.93. The molecule has 1 N–H and O–H groups in total. The zero-order valence-corrected chi connectivity index (χ0v) is 9.35. The fourth-order valence-electron chi connectivity index (χ4n) is 1.59. The van der Waals surface area contributed by atoms with E-state index in [1.54, 1.807) is 30.3 Å². The maximum atomic E-state index is 13.7. The van der Waals surface area contributed by atoms with Crippen LogP contribution in [-0.2, 0) is 6.61 Å². The summed E-state index contributed by atoms with van der Waals surface area (Å²) < 4.78 is 18.8. The number of pyridine rings is 1. The molecule has 88 valence electrons. The van der Waals surface area contributed by atoms with Gasteiger partial charge in [-0.05, 0) is 24.3 Å². The zero-order valence-electron chi connectivity index (χ0n) is 9.35. The molecule has 1 aromatic heterocycles. The van der Waals surface area contributed by atoms with Crippen LogP contribution in [0.4, 0.5) is 4.39 Å². The number of ether oxygens (including phenoxy) is 1. The molecule has 2 aromatic rings. The molecule has 0 saturated carbocycles. The van der Waals surface area contributed by atoms with Crippen molar-refractivity contribution in [3.63, 3.8) is 0 Å². The van der Waals surface area contributed by atoms with Gasteiger partial charge in [-0.15, -0.1) is 0 Å². The molecular formula is C13H12FNO2. The Morgan fingerprint density at radius 2 is 2.00 bits per heavy atom. The van der Waals surface area contributed by atoms with Gasteiger partial charge in [0.1, 0.15) is 17.3 Å². The number of aliphatic hydroxyl groups is 1. The summed E-state index contributed by atoms with van der Waals surface area (Å²) in [6.45, 7) is -0.189. The van der Waals surface area contributed by atoms with Gasteiger partial charge in [0.15, 0.2) is 0 Å². The Kier molecular flexibility index (Phi) is 3.35. The zero-order chi connectivity index (χ0) is 12.3. The van der Waals surface area contributed by atoms with Gasteiger partial charge in [0.05, 0.1) is 19.4 Å². The summed E-state index contributed by atoms with van der Waals surface area (Å²) in [5.74, 6) is 0.112. The van der Waals surface area contributed by atoms with E-state index in [-0.39, 0.29) is 12.4 Å². The number of benzene rings is 1. The summed E-state index contributed by atoms with van der Waals surface area (Å²) in [4.78, 5) is 4.18. The maximum absolute atomic E-state index is 13.7. The summed E-state index contributed by atoms with van der Waals surface area (Å²) >= 11 is 0. The molecule has 3 nitrogen and oxygen atoms in total. The van der Waals surface area contributed by atoms with Crippen molar-refractivity contribution in [3.8, 4) is 17.0 Å². The van der Waals surface area contributed by atoms with Gasteiger partial charge in [-0.3, -0.25) is 0 Å². The molecule has 2 rings (SSSR count). The van der Waals surface area contributed by atoms with Gasteiger partial charge in [0.2, 0.25) is 0 Å². The average molecular weight is 233 g/mol. The van der Waals surface area contributed by atoms with E-state index < -0.39 is 0 Å². The van der Waals surface area contributed by atoms with Gasteiger partial charge in [-0.1, -0.05) is 12.1 Å². The van der Waals surface area contributed by atoms with Gasteiger partial charge in [0, 0.05) is 5.56 Å². The lowest BCUT2D eigenvalue weighted by Gasteiger charge is -2.09. The fourth-order valence-corrected chi connectivity index (χ4v) is 1.59. The van der Waals surface area contributed by atoms with Gasteiger partial charge in [-0.2, -0.15) is 0 Å². The molecule has 17 heavy (non-hydrogen) atoms. The highest BCUT2D eigenvalue weighted by molar-refractivity contribution is 5.66. The first kappa shape index (κ1) is 11.5. The molecule has 0 fully saturated rings. The van der Waals surface area contributed by atoms with Crippen LogP contribution >= 0.6 is 0 Å². The Morgan fingerprint density at radius 3 is 2.65 bits per heavy atom. The van der Waals surface area contributed by atoms with Crippen molar-refractivity contribution in [2.45, 2.75) is 6.61 Å². The second-order valence-electron chi connectivity index (χ2n) is 3.49. The van der Waals surface area contributed by atoms with E-state index >= 15 is 0 Å². The van der Waals surface area contributed by atoms with Crippen molar-refractivity contribution >= 4 is 0 Å². The number of halogens is 1. The van der Waals surface area contributed by atoms with Crippen LogP contribution in [0.5, 0.6) is 5.75 Å². The third-order valence-electron chi connectivity index (χ3n) is 2.43. The van der Waals surface area contributed by atoms with E-state index in [1.807, 2.05) is 0 Å². The molecule has 0 spiro atoms. The van der Waals surface area contributed by atoms with Crippen LogP contribution < -0.4 is 4.74 Å². The lowest BCUT2D eigenvalue weighted by atomic mass is 10.1. The highest BCUT2D eigenvalue weighted by atomic mass is 19.1. The Hall–Kier alpha value is -1.94. The third kappa shape index (κ3) is 2.26. The second-order valence-corrected chi connectivity index (χ2v) is 3.49. The monoisotopic (exact) mass is 233 g/mol. The van der Waals surface area contributed by atoms with E-state index in [0.29, 0.717) is 22.7 Å². The topological polar surface area (TPSA) is 42.4 Å². The fraction of sp³-hybridized carbons (Fsp3) is 0.154. The van der Waals surface area contributed by atoms with Crippen LogP contribution in [0, 0.1) is 5.82 Å². The molecule has 1 heterocycles. The van der Waals surface area contributed by atoms with E-state index in [9.17, 15) is 4.39 Å². The van der Waals surface area contributed by atoms with Crippen LogP contribution in [0.2, 0.25) is 0 Å². The van der Waals surface area contributed by atoms with Crippen molar-refractivity contribution in [2.75, 3.05) is 7.11 Å². The molecule has 0 aliphatic carbocycles. The van der Waals surface area contributed by atoms with Crippen LogP contribution in [0.1, 0.15) is 5.69 Å². The van der Waals surface area contributed by atoms with Gasteiger partial charge in [0.25, 0.3) is 0 Å². The number of nitrogens with zero attached hydrogens (tertiary/aromatic N) is 1. The minimum Gasteiger partial charge on any atom is -0.494 e. The minimum absolute atomic E-state index is 0.189. The number of rotatable bonds is 3. The first-order chi connectivity index (χ1) is 8.26. The lowest BCUT2D eigenvalue weighted by Crippen LogP contribution is -1.97. The molecule has 0 amide bonds. The number of aliphatic hydroxyl groups excluding tert-OH is 1. The first-order valence-corrected chi connectivity index (χ1v) is 5.16. The Balaban J connectivity index is 2.60. The first-order valence-electron chi connectivity index (χ1n) is 5.16. The highest BCUT2D eigenvalue weighted by Gasteiger charge is 2.12. The Labute approximate surface area is 98.5 Å². The Morgan fingerprint density at radius 1 is 1.24 bits per heavy atom. The van der Waals surface area contributed by atoms with Crippen molar-refractivity contribution in [3.05, 3.63) is 47.9 Å². The van der Waals surface area contributed by atoms with Crippen molar-refractivity contribution in [1.82, 2.24) is 4.98 Å². The minimum atomic E-state index is -0.367. The third-order valence-corrected chi connectivity index (χ3v) is 2.43. The van der Waals surface area contributed by atoms with E-state index in [1.165, 1.54) is 13.2 Å². The van der Waals surface area contributed by atoms with Crippen LogP contribution in [0.15, 0.2) is 36.4 Å². The van der Waals surface area contributed by atoms with Crippen LogP contribution in [-0.4, -0.2) is 17.2 Å². The van der Waals surface area contributed by atoms with Crippen LogP contribution in [0.3, 0.4) is 0 Å². The van der Waals surface area contributed by atoms with E-state index in [0.717, 1.165) is 0 Å². The largest absolute Gasteiger partial charge is 0.494 e. The molecule has 0 bridgehead atoms. The number of hydrogen-bond donors (Lipinski definition) is 1. The SMILES string of the molecule is COc1ccc(CO)nc1-c1ccccc1F. The van der Waals surface area contributed by atoms with Crippen LogP contribution in [0.25, 0.3) is 11.3 Å². The van der Waals surface area contributed by atoms with Gasteiger partial charge < -0.3 is 9.84 Å². The number of hydrogen-bond acceptors (Lipinski definition) is 3. The normalized spacial score (nSPS) is 10.3. The summed E-state index contributed by atoms with van der Waals surface area (Å²) in [6, 6.07) is 9.64. The van der Waals surface area contributed by atoms with E-state index in [2.05, 4.69) is 4.98 Å². The van der Waals surface area contributed by atoms with Gasteiger partial charge in [-0.25, -0.2) is 9.37 Å². The lowest BCUT2D eigenvalue weighted by molar-refractivity contribution is 0.276. The molecule has 0 saturated heterocycles. The molecule has 0 unspecified atom stereocenters. The summed E-state index contributed by atoms with van der Waals surface area (Å²) in [5.41, 5.74) is 1.24. The molecule has 0 radical (unpaired) electrons. The standard InChI is InChI=1S/C13H12FNO2/c1-17-12-7-6-9(8-16)15-13(12)10-4-2-3-5-11(10)14/h2-7,16H,8H2,1H3. The molecule has 1 aromatic carbocycles. The molecular weight excluding hydrogens is 221 g/mol. The smallest absolute Gasteiger partial charge is 0.145 e. The number of aromatic nitrogens is 1. The molecule has 0 aliphatic heterocycles. The van der Waals surface area contributed by atoms with Gasteiger partial charge >= 0.3 is 0 Å². The number of methoxy groups -OCH3 is 1. The predicted molar refractivity (Wildman–Crippen MR) is 62.1 cm³/mol. The molecule has 0 aliphatic rings. The van der Waals surface area contributed by atoms with Crippen molar-refractivity contribution in [2.24, 2.45) is 0 Å². The average Bonchev–Trinajstić information content (AvgIpc) is 2.38. The quantitative estimate of drug-likeness (QED) is 0.885. The summed E-state index contributed by atoms with van der Waals surface area (Å²) in [5, 5.41) is 9.04. The van der Waals surface area contributed by atoms with E-state index in [4.69, 9.17) is 9.84 Å². The molecule has 4 heteroatoms. The summed E-state index contributed by atoms with van der Waals surface area (Å²) in [7, 11) is 1.50. The van der Waals surface area contributed by atoms with Crippen molar-refractivity contribution < 1.29 is 14.2 Å².